The fourth-order valence-electron chi connectivity index (χ4n) is 2.38. The molecular weight excluding hydrogens is 282 g/mol. The molecule has 2 unspecified atom stereocenters. The summed E-state index contributed by atoms with van der Waals surface area (Å²) in [7, 11) is 0. The number of halogens is 1. The Hall–Kier alpha value is -0.770. The summed E-state index contributed by atoms with van der Waals surface area (Å²) in [5.74, 6) is 1.73. The second kappa shape index (κ2) is 5.71. The van der Waals surface area contributed by atoms with Crippen molar-refractivity contribution in [2.24, 2.45) is 5.92 Å². The second-order valence-corrected chi connectivity index (χ2v) is 5.30. The van der Waals surface area contributed by atoms with E-state index in [0.717, 1.165) is 24.1 Å². The molecule has 0 N–H and O–H groups in total. The average molecular weight is 300 g/mol. The number of furan rings is 1. The molecule has 3 nitrogen and oxygen atoms in total. The van der Waals surface area contributed by atoms with Gasteiger partial charge in [-0.2, -0.15) is 0 Å². The Bertz CT molecular complexity index is 364. The van der Waals surface area contributed by atoms with Gasteiger partial charge in [0.15, 0.2) is 0 Å². The van der Waals surface area contributed by atoms with Crippen LogP contribution >= 0.6 is 15.9 Å². The molecule has 0 aromatic carbocycles. The summed E-state index contributed by atoms with van der Waals surface area (Å²) in [5, 5.41) is 0.876. The molecule has 1 fully saturated rings. The molecule has 2 atom stereocenters. The molecular formula is C13H18BrNO2. The fourth-order valence-corrected chi connectivity index (χ4v) is 3.37. The van der Waals surface area contributed by atoms with E-state index in [1.165, 1.54) is 0 Å². The summed E-state index contributed by atoms with van der Waals surface area (Å²) < 4.78 is 5.24. The van der Waals surface area contributed by atoms with Gasteiger partial charge in [0.05, 0.1) is 6.26 Å². The van der Waals surface area contributed by atoms with Crippen LogP contribution in [0.25, 0.3) is 0 Å². The SMILES string of the molecule is CC1CCN(C(=O)CCc2ccco2)C1CBr. The molecule has 1 saturated heterocycles. The largest absolute Gasteiger partial charge is 0.469 e. The van der Waals surface area contributed by atoms with Crippen LogP contribution < -0.4 is 0 Å². The monoisotopic (exact) mass is 299 g/mol. The molecule has 4 heteroatoms. The third kappa shape index (κ3) is 2.92. The van der Waals surface area contributed by atoms with Gasteiger partial charge in [0.25, 0.3) is 0 Å². The van der Waals surface area contributed by atoms with Crippen LogP contribution in [0.1, 0.15) is 25.5 Å². The molecule has 0 saturated carbocycles. The number of hydrogen-bond acceptors (Lipinski definition) is 2. The van der Waals surface area contributed by atoms with Gasteiger partial charge >= 0.3 is 0 Å². The van der Waals surface area contributed by atoms with E-state index < -0.39 is 0 Å². The van der Waals surface area contributed by atoms with E-state index in [9.17, 15) is 4.79 Å². The molecule has 0 spiro atoms. The van der Waals surface area contributed by atoms with Crippen molar-refractivity contribution in [3.8, 4) is 0 Å². The van der Waals surface area contributed by atoms with Gasteiger partial charge in [0, 0.05) is 30.8 Å². The number of carbonyl (C=O) groups excluding carboxylic acids is 1. The van der Waals surface area contributed by atoms with Crippen molar-refractivity contribution in [2.75, 3.05) is 11.9 Å². The molecule has 2 heterocycles. The molecule has 1 aliphatic rings. The average Bonchev–Trinajstić information content (AvgIpc) is 2.94. The summed E-state index contributed by atoms with van der Waals surface area (Å²) in [6, 6.07) is 4.14. The number of aryl methyl sites for hydroxylation is 1. The van der Waals surface area contributed by atoms with E-state index in [2.05, 4.69) is 22.9 Å². The van der Waals surface area contributed by atoms with Crippen molar-refractivity contribution in [1.29, 1.82) is 0 Å². The molecule has 17 heavy (non-hydrogen) atoms. The van der Waals surface area contributed by atoms with Crippen LogP contribution in [0.3, 0.4) is 0 Å². The number of likely N-dealkylation sites (tertiary alicyclic amines) is 1. The van der Waals surface area contributed by atoms with Crippen molar-refractivity contribution in [3.05, 3.63) is 24.2 Å². The first-order chi connectivity index (χ1) is 8.22. The van der Waals surface area contributed by atoms with Gasteiger partial charge < -0.3 is 9.32 Å². The van der Waals surface area contributed by atoms with Gasteiger partial charge in [-0.05, 0) is 24.5 Å². The molecule has 1 aliphatic heterocycles. The van der Waals surface area contributed by atoms with Gasteiger partial charge in [0.2, 0.25) is 5.91 Å². The van der Waals surface area contributed by atoms with Crippen molar-refractivity contribution in [2.45, 2.75) is 32.2 Å². The highest BCUT2D eigenvalue weighted by molar-refractivity contribution is 9.09. The summed E-state index contributed by atoms with van der Waals surface area (Å²) in [4.78, 5) is 14.1. The zero-order valence-corrected chi connectivity index (χ0v) is 11.6. The Balaban J connectivity index is 1.87. The molecule has 1 amide bonds. The van der Waals surface area contributed by atoms with Crippen LogP contribution in [-0.2, 0) is 11.2 Å². The molecule has 2 rings (SSSR count). The lowest BCUT2D eigenvalue weighted by Gasteiger charge is -2.25. The Labute approximate surface area is 110 Å². The number of carbonyl (C=O) groups is 1. The lowest BCUT2D eigenvalue weighted by Crippen LogP contribution is -2.38. The zero-order valence-electron chi connectivity index (χ0n) is 10.1. The minimum absolute atomic E-state index is 0.246. The van der Waals surface area contributed by atoms with Crippen molar-refractivity contribution in [1.82, 2.24) is 4.90 Å². The normalized spacial score (nSPS) is 24.2. The van der Waals surface area contributed by atoms with Gasteiger partial charge in [-0.25, -0.2) is 0 Å². The molecule has 1 aromatic heterocycles. The maximum Gasteiger partial charge on any atom is 0.223 e. The Kier molecular flexibility index (Phi) is 4.26. The Morgan fingerprint density at radius 2 is 2.47 bits per heavy atom. The van der Waals surface area contributed by atoms with E-state index in [1.807, 2.05) is 17.0 Å². The molecule has 94 valence electrons. The molecule has 0 bridgehead atoms. The highest BCUT2D eigenvalue weighted by Crippen LogP contribution is 2.26. The molecule has 0 radical (unpaired) electrons. The second-order valence-electron chi connectivity index (χ2n) is 4.65. The van der Waals surface area contributed by atoms with Gasteiger partial charge in [0.1, 0.15) is 5.76 Å². The minimum Gasteiger partial charge on any atom is -0.469 e. The van der Waals surface area contributed by atoms with Crippen LogP contribution in [0.5, 0.6) is 0 Å². The van der Waals surface area contributed by atoms with E-state index in [4.69, 9.17) is 4.42 Å². The lowest BCUT2D eigenvalue weighted by molar-refractivity contribution is -0.131. The maximum atomic E-state index is 12.1. The standard InChI is InChI=1S/C13H18BrNO2/c1-10-6-7-15(12(10)9-14)13(16)5-4-11-3-2-8-17-11/h2-3,8,10,12H,4-7,9H2,1H3. The van der Waals surface area contributed by atoms with Crippen molar-refractivity contribution in [3.63, 3.8) is 0 Å². The van der Waals surface area contributed by atoms with E-state index >= 15 is 0 Å². The Morgan fingerprint density at radius 1 is 1.65 bits per heavy atom. The smallest absolute Gasteiger partial charge is 0.223 e. The predicted molar refractivity (Wildman–Crippen MR) is 70.1 cm³/mol. The topological polar surface area (TPSA) is 33.5 Å². The van der Waals surface area contributed by atoms with Crippen molar-refractivity contribution < 1.29 is 9.21 Å². The highest BCUT2D eigenvalue weighted by atomic mass is 79.9. The maximum absolute atomic E-state index is 12.1. The third-order valence-corrected chi connectivity index (χ3v) is 4.19. The summed E-state index contributed by atoms with van der Waals surface area (Å²) in [6.07, 6.45) is 4.01. The van der Waals surface area contributed by atoms with Crippen LogP contribution in [0.2, 0.25) is 0 Å². The number of alkyl halides is 1. The molecule has 0 aliphatic carbocycles. The van der Waals surface area contributed by atoms with Gasteiger partial charge in [-0.3, -0.25) is 4.79 Å². The fraction of sp³-hybridized carbons (Fsp3) is 0.615. The number of amides is 1. The van der Waals surface area contributed by atoms with Crippen LogP contribution in [0.15, 0.2) is 22.8 Å². The van der Waals surface area contributed by atoms with Gasteiger partial charge in [-0.1, -0.05) is 22.9 Å². The zero-order chi connectivity index (χ0) is 12.3. The van der Waals surface area contributed by atoms with E-state index in [0.29, 0.717) is 24.8 Å². The van der Waals surface area contributed by atoms with Crippen LogP contribution in [0, 0.1) is 5.92 Å². The molecule has 1 aromatic rings. The van der Waals surface area contributed by atoms with Crippen LogP contribution in [0.4, 0.5) is 0 Å². The first-order valence-electron chi connectivity index (χ1n) is 6.10. The number of rotatable bonds is 4. The summed E-state index contributed by atoms with van der Waals surface area (Å²) >= 11 is 3.50. The minimum atomic E-state index is 0.246. The van der Waals surface area contributed by atoms with Gasteiger partial charge in [-0.15, -0.1) is 0 Å². The first kappa shape index (κ1) is 12.7. The van der Waals surface area contributed by atoms with Crippen LogP contribution in [-0.4, -0.2) is 28.7 Å². The summed E-state index contributed by atoms with van der Waals surface area (Å²) in [6.45, 7) is 3.11. The third-order valence-electron chi connectivity index (χ3n) is 3.53. The van der Waals surface area contributed by atoms with E-state index in [1.54, 1.807) is 6.26 Å². The van der Waals surface area contributed by atoms with E-state index in [-0.39, 0.29) is 5.91 Å². The first-order valence-corrected chi connectivity index (χ1v) is 7.22. The number of hydrogen-bond donors (Lipinski definition) is 0. The lowest BCUT2D eigenvalue weighted by atomic mass is 10.1. The highest BCUT2D eigenvalue weighted by Gasteiger charge is 2.33. The van der Waals surface area contributed by atoms with Crippen molar-refractivity contribution >= 4 is 21.8 Å². The number of nitrogens with zero attached hydrogens (tertiary/aromatic N) is 1. The Morgan fingerprint density at radius 3 is 3.12 bits per heavy atom. The predicted octanol–water partition coefficient (Wildman–Crippen LogP) is 2.84. The quantitative estimate of drug-likeness (QED) is 0.801. The summed E-state index contributed by atoms with van der Waals surface area (Å²) in [5.41, 5.74) is 0.